The Kier molecular flexibility index (Phi) is 1.46. The van der Waals surface area contributed by atoms with E-state index in [9.17, 15) is 4.39 Å². The third kappa shape index (κ3) is 0.898. The number of hydrogen-bond acceptors (Lipinski definition) is 0. The Morgan fingerprint density at radius 1 is 1.12 bits per heavy atom. The van der Waals surface area contributed by atoms with E-state index in [4.69, 9.17) is 0 Å². The van der Waals surface area contributed by atoms with E-state index >= 15 is 0 Å². The van der Waals surface area contributed by atoms with Crippen LogP contribution in [-0.2, 0) is 6.16 Å². The van der Waals surface area contributed by atoms with Gasteiger partial charge in [-0.25, -0.2) is 4.39 Å². The van der Waals surface area contributed by atoms with Crippen LogP contribution in [0.4, 0.5) is 4.39 Å². The maximum absolute atomic E-state index is 12.9. The van der Waals surface area contributed by atoms with Gasteiger partial charge in [0.15, 0.2) is 0 Å². The summed E-state index contributed by atoms with van der Waals surface area (Å²) in [6.45, 7) is 2.61. The predicted octanol–water partition coefficient (Wildman–Crippen LogP) is 3.62. The molecule has 0 aromatic heterocycles. The number of benzene rings is 1. The molecule has 0 nitrogen and oxygen atoms in total. The van der Waals surface area contributed by atoms with Crippen molar-refractivity contribution in [2.24, 2.45) is 23.7 Å². The van der Waals surface area contributed by atoms with Crippen molar-refractivity contribution in [1.82, 2.24) is 0 Å². The second-order valence-electron chi connectivity index (χ2n) is 6.83. The molecule has 1 aromatic rings. The summed E-state index contributed by atoms with van der Waals surface area (Å²) >= 11 is 0. The molecule has 4 saturated carbocycles. The Bertz CT molecular complexity index is 486. The van der Waals surface area contributed by atoms with Gasteiger partial charge in [0.05, 0.1) is 17.5 Å². The molecule has 2 heteroatoms. The standard InChI is InChI=1S/C15H17FP/c1-17(7-8-2-4-9(16)5-3-8)14-11-6-10-12(14)13(10)15(11)17/h2-5,10-15H,6-7H2,1H3/q+1. The Hall–Kier alpha value is -0.420. The lowest BCUT2D eigenvalue weighted by Crippen LogP contribution is -2.40. The zero-order valence-corrected chi connectivity index (χ0v) is 10.9. The van der Waals surface area contributed by atoms with Crippen LogP contribution in [0.1, 0.15) is 12.0 Å². The van der Waals surface area contributed by atoms with Crippen LogP contribution in [0, 0.1) is 29.5 Å². The first-order valence-corrected chi connectivity index (χ1v) is 9.35. The van der Waals surface area contributed by atoms with E-state index < -0.39 is 7.26 Å². The van der Waals surface area contributed by atoms with E-state index in [1.807, 2.05) is 12.1 Å². The summed E-state index contributed by atoms with van der Waals surface area (Å²) in [7, 11) is -0.694. The molecule has 6 aliphatic rings. The number of hydrogen-bond donors (Lipinski definition) is 0. The maximum atomic E-state index is 12.9. The Labute approximate surface area is 102 Å². The van der Waals surface area contributed by atoms with Crippen LogP contribution in [0.15, 0.2) is 24.3 Å². The van der Waals surface area contributed by atoms with Crippen LogP contribution in [-0.4, -0.2) is 18.0 Å². The van der Waals surface area contributed by atoms with Crippen LogP contribution in [0.5, 0.6) is 0 Å². The fourth-order valence-corrected chi connectivity index (χ4v) is 12.3. The summed E-state index contributed by atoms with van der Waals surface area (Å²) in [4.78, 5) is 0. The highest BCUT2D eigenvalue weighted by molar-refractivity contribution is 7.77. The summed E-state index contributed by atoms with van der Waals surface area (Å²) < 4.78 is 12.9. The van der Waals surface area contributed by atoms with Gasteiger partial charge in [-0.05, 0) is 30.0 Å². The van der Waals surface area contributed by atoms with Gasteiger partial charge in [0, 0.05) is 31.7 Å². The molecule has 0 N–H and O–H groups in total. The minimum atomic E-state index is -0.694. The fourth-order valence-electron chi connectivity index (χ4n) is 6.02. The van der Waals surface area contributed by atoms with Gasteiger partial charge in [-0.2, -0.15) is 0 Å². The Morgan fingerprint density at radius 3 is 2.29 bits per heavy atom. The molecular weight excluding hydrogens is 230 g/mol. The van der Waals surface area contributed by atoms with Gasteiger partial charge in [-0.3, -0.25) is 0 Å². The van der Waals surface area contributed by atoms with Crippen molar-refractivity contribution >= 4 is 7.26 Å². The lowest BCUT2D eigenvalue weighted by molar-refractivity contribution is 0.548. The smallest absolute Gasteiger partial charge is 0.123 e. The van der Waals surface area contributed by atoms with Crippen LogP contribution in [0.3, 0.4) is 0 Å². The molecule has 2 saturated heterocycles. The van der Waals surface area contributed by atoms with Gasteiger partial charge in [-0.1, -0.05) is 12.1 Å². The second-order valence-corrected chi connectivity index (χ2v) is 11.0. The molecule has 7 rings (SSSR count). The summed E-state index contributed by atoms with van der Waals surface area (Å²) in [5.41, 5.74) is 3.65. The molecule has 6 fully saturated rings. The maximum Gasteiger partial charge on any atom is 0.123 e. The molecule has 4 atom stereocenters. The van der Waals surface area contributed by atoms with Crippen LogP contribution < -0.4 is 0 Å². The Balaban J connectivity index is 1.46. The summed E-state index contributed by atoms with van der Waals surface area (Å²) in [5.74, 6) is 4.51. The minimum Gasteiger partial charge on any atom is -0.207 e. The van der Waals surface area contributed by atoms with Crippen molar-refractivity contribution < 1.29 is 4.39 Å². The predicted molar refractivity (Wildman–Crippen MR) is 69.1 cm³/mol. The largest absolute Gasteiger partial charge is 0.207 e. The van der Waals surface area contributed by atoms with Crippen molar-refractivity contribution in [3.63, 3.8) is 0 Å². The average Bonchev–Trinajstić information content (AvgIpc) is 2.76. The fraction of sp³-hybridized carbons (Fsp3) is 0.600. The number of rotatable bonds is 2. The van der Waals surface area contributed by atoms with E-state index in [1.165, 1.54) is 11.7 Å². The van der Waals surface area contributed by atoms with Gasteiger partial charge >= 0.3 is 0 Å². The lowest BCUT2D eigenvalue weighted by Gasteiger charge is -2.45. The van der Waals surface area contributed by atoms with E-state index in [-0.39, 0.29) is 5.82 Å². The average molecular weight is 247 g/mol. The molecule has 2 aliphatic heterocycles. The minimum absolute atomic E-state index is 0.0982. The van der Waals surface area contributed by atoms with Gasteiger partial charge < -0.3 is 0 Å². The summed E-state index contributed by atoms with van der Waals surface area (Å²) in [5, 5.41) is 0. The van der Waals surface area contributed by atoms with E-state index in [1.54, 1.807) is 18.6 Å². The zero-order chi connectivity index (χ0) is 11.4. The molecule has 6 bridgehead atoms. The number of halogens is 1. The van der Waals surface area contributed by atoms with E-state index in [2.05, 4.69) is 6.66 Å². The summed E-state index contributed by atoms with van der Waals surface area (Å²) in [6.07, 6.45) is 2.86. The summed E-state index contributed by atoms with van der Waals surface area (Å²) in [6, 6.07) is 7.27. The molecule has 0 spiro atoms. The third-order valence-electron chi connectivity index (χ3n) is 6.30. The van der Waals surface area contributed by atoms with E-state index in [0.29, 0.717) is 0 Å². The molecular formula is C15H17FP+. The highest BCUT2D eigenvalue weighted by Crippen LogP contribution is 2.99. The molecule has 88 valence electrons. The molecule has 2 heterocycles. The monoisotopic (exact) mass is 247 g/mol. The third-order valence-corrected chi connectivity index (χ3v) is 11.5. The SMILES string of the molecule is C[P+]1(Cc2ccc(F)cc2)C2C3CC4C2C4C31. The van der Waals surface area contributed by atoms with E-state index in [0.717, 1.165) is 35.0 Å². The van der Waals surface area contributed by atoms with Crippen LogP contribution in [0.25, 0.3) is 0 Å². The molecule has 4 unspecified atom stereocenters. The van der Waals surface area contributed by atoms with Crippen molar-refractivity contribution in [3.8, 4) is 0 Å². The molecule has 0 amide bonds. The quantitative estimate of drug-likeness (QED) is 0.700. The van der Waals surface area contributed by atoms with Crippen LogP contribution in [0.2, 0.25) is 0 Å². The van der Waals surface area contributed by atoms with Gasteiger partial charge in [0.1, 0.15) is 5.82 Å². The first kappa shape index (κ1) is 9.50. The Morgan fingerprint density at radius 2 is 1.76 bits per heavy atom. The molecule has 0 radical (unpaired) electrons. The van der Waals surface area contributed by atoms with Gasteiger partial charge in [0.2, 0.25) is 0 Å². The van der Waals surface area contributed by atoms with Crippen molar-refractivity contribution in [2.45, 2.75) is 23.9 Å². The van der Waals surface area contributed by atoms with Crippen molar-refractivity contribution in [1.29, 1.82) is 0 Å². The first-order chi connectivity index (χ1) is 8.20. The first-order valence-electron chi connectivity index (χ1n) is 6.79. The highest BCUT2D eigenvalue weighted by Gasteiger charge is 2.92. The highest BCUT2D eigenvalue weighted by atomic mass is 31.2. The van der Waals surface area contributed by atoms with Crippen molar-refractivity contribution in [2.75, 3.05) is 6.66 Å². The molecule has 4 aliphatic carbocycles. The van der Waals surface area contributed by atoms with Gasteiger partial charge in [0.25, 0.3) is 0 Å². The topological polar surface area (TPSA) is 0 Å². The molecule has 1 aromatic carbocycles. The van der Waals surface area contributed by atoms with Crippen LogP contribution >= 0.6 is 7.26 Å². The second kappa shape index (κ2) is 2.62. The lowest BCUT2D eigenvalue weighted by atomic mass is 10.1. The normalized spacial score (nSPS) is 55.9. The zero-order valence-electron chi connectivity index (χ0n) is 10.0. The molecule has 17 heavy (non-hydrogen) atoms. The van der Waals surface area contributed by atoms with Gasteiger partial charge in [-0.15, -0.1) is 0 Å². The van der Waals surface area contributed by atoms with Crippen molar-refractivity contribution in [3.05, 3.63) is 35.6 Å².